The molecule has 1 unspecified atom stereocenters. The molecule has 10 heteroatoms. The standard InChI is InChI=1S/C26H36N6O4/c1-30-22-16-19(6-7-20(22)24(29-30)21-8-9-23(33)28-25(21)34)32-14-12-31(13-15-32)11-10-17-2-4-18(5-3-17)27-26(35)36/h6-7,16-18,21,27H,2-5,8-15H2,1H3,(H,35,36)(H,28,33,34). The summed E-state index contributed by atoms with van der Waals surface area (Å²) in [5.74, 6) is -0.153. The van der Waals surface area contributed by atoms with Crippen LogP contribution >= 0.6 is 0 Å². The Morgan fingerprint density at radius 2 is 1.86 bits per heavy atom. The van der Waals surface area contributed by atoms with Crippen molar-refractivity contribution in [3.05, 3.63) is 23.9 Å². The number of carbonyl (C=O) groups excluding carboxylic acids is 2. The van der Waals surface area contributed by atoms with Gasteiger partial charge in [-0.3, -0.25) is 24.5 Å². The minimum Gasteiger partial charge on any atom is -0.465 e. The summed E-state index contributed by atoms with van der Waals surface area (Å²) < 4.78 is 1.84. The Labute approximate surface area is 211 Å². The molecule has 36 heavy (non-hydrogen) atoms. The number of carbonyl (C=O) groups is 3. The summed E-state index contributed by atoms with van der Waals surface area (Å²) in [6.45, 7) is 5.10. The van der Waals surface area contributed by atoms with Gasteiger partial charge in [0.15, 0.2) is 0 Å². The summed E-state index contributed by atoms with van der Waals surface area (Å²) >= 11 is 0. The van der Waals surface area contributed by atoms with E-state index in [2.05, 4.69) is 43.7 Å². The number of rotatable bonds is 6. The molecule has 1 atom stereocenters. The van der Waals surface area contributed by atoms with Crippen LogP contribution in [0.4, 0.5) is 10.5 Å². The summed E-state index contributed by atoms with van der Waals surface area (Å²) in [4.78, 5) is 39.7. The van der Waals surface area contributed by atoms with Crippen molar-refractivity contribution in [2.75, 3.05) is 37.6 Å². The number of amides is 3. The van der Waals surface area contributed by atoms with Crippen LogP contribution in [0.25, 0.3) is 10.9 Å². The van der Waals surface area contributed by atoms with E-state index in [4.69, 9.17) is 5.11 Å². The molecule has 10 nitrogen and oxygen atoms in total. The van der Waals surface area contributed by atoms with Crippen molar-refractivity contribution in [1.82, 2.24) is 25.3 Å². The molecule has 0 bridgehead atoms. The van der Waals surface area contributed by atoms with E-state index in [1.165, 1.54) is 12.1 Å². The maximum Gasteiger partial charge on any atom is 0.404 e. The van der Waals surface area contributed by atoms with Gasteiger partial charge in [-0.15, -0.1) is 0 Å². The molecule has 2 aliphatic heterocycles. The van der Waals surface area contributed by atoms with E-state index in [-0.39, 0.29) is 23.8 Å². The number of nitrogens with zero attached hydrogens (tertiary/aromatic N) is 4. The van der Waals surface area contributed by atoms with Crippen molar-refractivity contribution in [3.8, 4) is 0 Å². The number of aromatic nitrogens is 2. The molecule has 0 spiro atoms. The van der Waals surface area contributed by atoms with Crippen LogP contribution in [0.3, 0.4) is 0 Å². The van der Waals surface area contributed by atoms with E-state index in [9.17, 15) is 14.4 Å². The zero-order chi connectivity index (χ0) is 25.2. The number of piperidine rings is 1. The van der Waals surface area contributed by atoms with E-state index in [1.807, 2.05) is 11.7 Å². The molecule has 3 amide bonds. The topological polar surface area (TPSA) is 120 Å². The Hall–Kier alpha value is -3.14. The third-order valence-corrected chi connectivity index (χ3v) is 8.20. The quantitative estimate of drug-likeness (QED) is 0.526. The minimum atomic E-state index is -0.909. The highest BCUT2D eigenvalue weighted by Gasteiger charge is 2.32. The van der Waals surface area contributed by atoms with Crippen molar-refractivity contribution in [2.45, 2.75) is 56.9 Å². The van der Waals surface area contributed by atoms with Crippen molar-refractivity contribution in [3.63, 3.8) is 0 Å². The highest BCUT2D eigenvalue weighted by Crippen LogP contribution is 2.32. The van der Waals surface area contributed by atoms with Gasteiger partial charge in [0, 0.05) is 56.8 Å². The fourth-order valence-electron chi connectivity index (χ4n) is 6.05. The average molecular weight is 497 g/mol. The highest BCUT2D eigenvalue weighted by molar-refractivity contribution is 6.02. The zero-order valence-corrected chi connectivity index (χ0v) is 20.9. The number of carboxylic acid groups (broad SMARTS) is 1. The number of anilines is 1. The Morgan fingerprint density at radius 1 is 1.11 bits per heavy atom. The van der Waals surface area contributed by atoms with Crippen molar-refractivity contribution < 1.29 is 19.5 Å². The monoisotopic (exact) mass is 496 g/mol. The van der Waals surface area contributed by atoms with Crippen molar-refractivity contribution in [2.24, 2.45) is 13.0 Å². The van der Waals surface area contributed by atoms with Crippen molar-refractivity contribution in [1.29, 1.82) is 0 Å². The number of fused-ring (bicyclic) bond motifs is 1. The lowest BCUT2D eigenvalue weighted by Crippen LogP contribution is -2.47. The molecule has 3 aliphatic rings. The molecule has 2 saturated heterocycles. The average Bonchev–Trinajstić information content (AvgIpc) is 3.19. The van der Waals surface area contributed by atoms with Gasteiger partial charge in [0.1, 0.15) is 0 Å². The molecular formula is C26H36N6O4. The van der Waals surface area contributed by atoms with Gasteiger partial charge in [0.05, 0.1) is 17.1 Å². The molecule has 1 saturated carbocycles. The van der Waals surface area contributed by atoms with Gasteiger partial charge < -0.3 is 15.3 Å². The number of hydrogen-bond donors (Lipinski definition) is 3. The number of nitrogens with one attached hydrogen (secondary N) is 2. The van der Waals surface area contributed by atoms with Crippen LogP contribution in [-0.4, -0.2) is 76.5 Å². The van der Waals surface area contributed by atoms with Gasteiger partial charge in [-0.2, -0.15) is 5.10 Å². The van der Waals surface area contributed by atoms with Crippen LogP contribution < -0.4 is 15.5 Å². The highest BCUT2D eigenvalue weighted by atomic mass is 16.4. The predicted molar refractivity (Wildman–Crippen MR) is 136 cm³/mol. The smallest absolute Gasteiger partial charge is 0.404 e. The fourth-order valence-corrected chi connectivity index (χ4v) is 6.05. The largest absolute Gasteiger partial charge is 0.465 e. The molecule has 3 N–H and O–H groups in total. The van der Waals surface area contributed by atoms with Gasteiger partial charge in [0.2, 0.25) is 11.8 Å². The summed E-state index contributed by atoms with van der Waals surface area (Å²) in [5, 5.41) is 19.6. The maximum absolute atomic E-state index is 12.4. The number of piperazine rings is 1. The molecule has 0 radical (unpaired) electrons. The lowest BCUT2D eigenvalue weighted by atomic mass is 9.84. The first kappa shape index (κ1) is 24.5. The Bertz CT molecular complexity index is 1130. The number of imide groups is 1. The van der Waals surface area contributed by atoms with E-state index in [1.54, 1.807) is 0 Å². The number of hydrogen-bond acceptors (Lipinski definition) is 6. The van der Waals surface area contributed by atoms with Crippen LogP contribution in [-0.2, 0) is 16.6 Å². The molecule has 1 aromatic carbocycles. The van der Waals surface area contributed by atoms with Gasteiger partial charge in [-0.05, 0) is 69.2 Å². The van der Waals surface area contributed by atoms with Gasteiger partial charge in [0.25, 0.3) is 0 Å². The van der Waals surface area contributed by atoms with E-state index in [0.717, 1.165) is 75.0 Å². The van der Waals surface area contributed by atoms with Crippen LogP contribution in [0.5, 0.6) is 0 Å². The molecule has 3 heterocycles. The Morgan fingerprint density at radius 3 is 2.56 bits per heavy atom. The Kier molecular flexibility index (Phi) is 7.13. The minimum absolute atomic E-state index is 0.124. The van der Waals surface area contributed by atoms with Crippen LogP contribution in [0.2, 0.25) is 0 Å². The first-order valence-electron chi connectivity index (χ1n) is 13.1. The molecule has 1 aromatic heterocycles. The lowest BCUT2D eigenvalue weighted by Gasteiger charge is -2.37. The molecule has 194 valence electrons. The second-order valence-corrected chi connectivity index (χ2v) is 10.5. The number of benzene rings is 1. The first-order chi connectivity index (χ1) is 17.4. The zero-order valence-electron chi connectivity index (χ0n) is 20.9. The van der Waals surface area contributed by atoms with Gasteiger partial charge in [-0.25, -0.2) is 4.79 Å². The predicted octanol–water partition coefficient (Wildman–Crippen LogP) is 2.43. The third kappa shape index (κ3) is 5.33. The Balaban J connectivity index is 1.14. The van der Waals surface area contributed by atoms with E-state index < -0.39 is 6.09 Å². The molecule has 5 rings (SSSR count). The second-order valence-electron chi connectivity index (χ2n) is 10.5. The SMILES string of the molecule is Cn1nc(C2CCC(=O)NC2=O)c2ccc(N3CCN(CCC4CCC(NC(=O)O)CC4)CC3)cc21. The molecule has 2 aromatic rings. The van der Waals surface area contributed by atoms with E-state index >= 15 is 0 Å². The molecule has 1 aliphatic carbocycles. The maximum atomic E-state index is 12.4. The van der Waals surface area contributed by atoms with Crippen molar-refractivity contribution >= 4 is 34.5 Å². The summed E-state index contributed by atoms with van der Waals surface area (Å²) in [6, 6.07) is 6.48. The summed E-state index contributed by atoms with van der Waals surface area (Å²) in [6.07, 6.45) is 5.24. The van der Waals surface area contributed by atoms with Gasteiger partial charge in [-0.1, -0.05) is 0 Å². The fraction of sp³-hybridized carbons (Fsp3) is 0.615. The molecule has 3 fully saturated rings. The third-order valence-electron chi connectivity index (χ3n) is 8.20. The summed E-state index contributed by atoms with van der Waals surface area (Å²) in [7, 11) is 1.91. The number of aryl methyl sites for hydroxylation is 1. The second kappa shape index (κ2) is 10.5. The summed E-state index contributed by atoms with van der Waals surface area (Å²) in [5.41, 5.74) is 2.92. The van der Waals surface area contributed by atoms with Crippen LogP contribution in [0.1, 0.15) is 56.6 Å². The normalized spacial score (nSPS) is 25.7. The van der Waals surface area contributed by atoms with Crippen LogP contribution in [0, 0.1) is 5.92 Å². The van der Waals surface area contributed by atoms with Crippen LogP contribution in [0.15, 0.2) is 18.2 Å². The first-order valence-corrected chi connectivity index (χ1v) is 13.1. The van der Waals surface area contributed by atoms with E-state index in [0.29, 0.717) is 18.8 Å². The van der Waals surface area contributed by atoms with Gasteiger partial charge >= 0.3 is 6.09 Å². The lowest BCUT2D eigenvalue weighted by molar-refractivity contribution is -0.134. The molecular weight excluding hydrogens is 460 g/mol.